The van der Waals surface area contributed by atoms with Crippen molar-refractivity contribution in [1.82, 2.24) is 15.5 Å². The van der Waals surface area contributed by atoms with E-state index in [0.29, 0.717) is 6.04 Å². The molecule has 18 heavy (non-hydrogen) atoms. The molecule has 2 rings (SSSR count). The van der Waals surface area contributed by atoms with Crippen molar-refractivity contribution in [1.29, 1.82) is 0 Å². The fraction of sp³-hybridized carbons (Fsp3) is 0.857. The molecule has 4 nitrogen and oxygen atoms in total. The summed E-state index contributed by atoms with van der Waals surface area (Å²) in [6.07, 6.45) is 6.93. The van der Waals surface area contributed by atoms with Crippen LogP contribution in [0.5, 0.6) is 0 Å². The number of nitrogens with zero attached hydrogens (tertiary/aromatic N) is 2. The van der Waals surface area contributed by atoms with Crippen molar-refractivity contribution < 1.29 is 4.42 Å². The van der Waals surface area contributed by atoms with Crippen molar-refractivity contribution >= 4 is 0 Å². The van der Waals surface area contributed by atoms with Crippen molar-refractivity contribution in [3.63, 3.8) is 0 Å². The van der Waals surface area contributed by atoms with Crippen LogP contribution in [0.25, 0.3) is 0 Å². The molecule has 0 saturated heterocycles. The van der Waals surface area contributed by atoms with E-state index in [1.54, 1.807) is 0 Å². The molecule has 0 atom stereocenters. The van der Waals surface area contributed by atoms with E-state index in [-0.39, 0.29) is 5.41 Å². The summed E-state index contributed by atoms with van der Waals surface area (Å²) in [7, 11) is 0. The van der Waals surface area contributed by atoms with Crippen LogP contribution in [0.15, 0.2) is 4.42 Å². The summed E-state index contributed by atoms with van der Waals surface area (Å²) >= 11 is 0. The average molecular weight is 251 g/mol. The number of nitrogens with one attached hydrogen (secondary N) is 1. The molecular formula is C14H25N3O. The summed E-state index contributed by atoms with van der Waals surface area (Å²) < 4.78 is 5.88. The smallest absolute Gasteiger partial charge is 0.222 e. The molecule has 0 radical (unpaired) electrons. The van der Waals surface area contributed by atoms with Gasteiger partial charge in [0.1, 0.15) is 0 Å². The monoisotopic (exact) mass is 251 g/mol. The van der Waals surface area contributed by atoms with E-state index in [4.69, 9.17) is 4.42 Å². The molecule has 1 heterocycles. The second kappa shape index (κ2) is 5.83. The average Bonchev–Trinajstić information content (AvgIpc) is 2.97. The van der Waals surface area contributed by atoms with E-state index in [9.17, 15) is 0 Å². The second-order valence-electron chi connectivity index (χ2n) is 5.70. The van der Waals surface area contributed by atoms with Gasteiger partial charge in [-0.3, -0.25) is 0 Å². The van der Waals surface area contributed by atoms with Crippen molar-refractivity contribution in [3.05, 3.63) is 11.8 Å². The highest BCUT2D eigenvalue weighted by Gasteiger charge is 2.38. The molecule has 4 heteroatoms. The van der Waals surface area contributed by atoms with Crippen LogP contribution >= 0.6 is 0 Å². The van der Waals surface area contributed by atoms with Gasteiger partial charge in [-0.25, -0.2) is 0 Å². The van der Waals surface area contributed by atoms with Gasteiger partial charge in [-0.1, -0.05) is 33.6 Å². The Morgan fingerprint density at radius 2 is 2.00 bits per heavy atom. The quantitative estimate of drug-likeness (QED) is 0.844. The highest BCUT2D eigenvalue weighted by Crippen LogP contribution is 2.42. The lowest BCUT2D eigenvalue weighted by atomic mass is 9.83. The first-order valence-corrected chi connectivity index (χ1v) is 7.22. The Balaban J connectivity index is 1.96. The lowest BCUT2D eigenvalue weighted by Gasteiger charge is -2.22. The second-order valence-corrected chi connectivity index (χ2v) is 5.70. The Morgan fingerprint density at radius 1 is 1.28 bits per heavy atom. The number of rotatable bonds is 6. The van der Waals surface area contributed by atoms with Crippen LogP contribution in [0.2, 0.25) is 0 Å². The topological polar surface area (TPSA) is 51.0 Å². The van der Waals surface area contributed by atoms with Gasteiger partial charge in [0.15, 0.2) is 0 Å². The molecule has 1 N–H and O–H groups in total. The molecule has 102 valence electrons. The van der Waals surface area contributed by atoms with Gasteiger partial charge in [-0.2, -0.15) is 0 Å². The van der Waals surface area contributed by atoms with Crippen LogP contribution in [0, 0.1) is 0 Å². The first-order chi connectivity index (χ1) is 8.66. The minimum Gasteiger partial charge on any atom is -0.425 e. The molecule has 0 aromatic carbocycles. The van der Waals surface area contributed by atoms with Crippen molar-refractivity contribution in [2.45, 2.75) is 70.8 Å². The van der Waals surface area contributed by atoms with Gasteiger partial charge < -0.3 is 9.73 Å². The minimum atomic E-state index is 0.177. The summed E-state index contributed by atoms with van der Waals surface area (Å²) in [5.74, 6) is 1.65. The molecule has 1 aromatic heterocycles. The van der Waals surface area contributed by atoms with Crippen LogP contribution in [-0.4, -0.2) is 22.8 Å². The van der Waals surface area contributed by atoms with Crippen LogP contribution in [-0.2, 0) is 11.8 Å². The number of aromatic nitrogens is 2. The highest BCUT2D eigenvalue weighted by atomic mass is 16.4. The maximum atomic E-state index is 5.88. The third kappa shape index (κ3) is 2.91. The predicted molar refractivity (Wildman–Crippen MR) is 71.6 cm³/mol. The van der Waals surface area contributed by atoms with E-state index in [1.807, 2.05) is 0 Å². The largest absolute Gasteiger partial charge is 0.425 e. The maximum Gasteiger partial charge on any atom is 0.222 e. The summed E-state index contributed by atoms with van der Waals surface area (Å²) in [4.78, 5) is 0. The van der Waals surface area contributed by atoms with Gasteiger partial charge in [0, 0.05) is 24.4 Å². The SMILES string of the molecule is CCC1(c2nnc(CCNC(C)C)o2)CCCC1. The lowest BCUT2D eigenvalue weighted by molar-refractivity contribution is 0.304. The fourth-order valence-electron chi connectivity index (χ4n) is 2.81. The first kappa shape index (κ1) is 13.5. The zero-order chi connectivity index (χ0) is 13.0. The third-order valence-corrected chi connectivity index (χ3v) is 4.05. The normalized spacial score (nSPS) is 18.7. The molecule has 1 saturated carbocycles. The summed E-state index contributed by atoms with van der Waals surface area (Å²) in [6, 6.07) is 0.504. The summed E-state index contributed by atoms with van der Waals surface area (Å²) in [5.41, 5.74) is 0.177. The van der Waals surface area contributed by atoms with Gasteiger partial charge in [0.2, 0.25) is 11.8 Å². The van der Waals surface area contributed by atoms with Crippen LogP contribution in [0.3, 0.4) is 0 Å². The number of hydrogen-bond acceptors (Lipinski definition) is 4. The molecule has 0 spiro atoms. The lowest BCUT2D eigenvalue weighted by Crippen LogP contribution is -2.25. The van der Waals surface area contributed by atoms with Crippen molar-refractivity contribution in [3.8, 4) is 0 Å². The van der Waals surface area contributed by atoms with E-state index in [2.05, 4.69) is 36.3 Å². The zero-order valence-electron chi connectivity index (χ0n) is 11.8. The maximum absolute atomic E-state index is 5.88. The molecule has 0 amide bonds. The molecular weight excluding hydrogens is 226 g/mol. The van der Waals surface area contributed by atoms with Crippen LogP contribution < -0.4 is 5.32 Å². The Labute approximate surface area is 110 Å². The molecule has 0 bridgehead atoms. The highest BCUT2D eigenvalue weighted by molar-refractivity contribution is 5.06. The number of hydrogen-bond donors (Lipinski definition) is 1. The molecule has 1 fully saturated rings. The van der Waals surface area contributed by atoms with Crippen LogP contribution in [0.4, 0.5) is 0 Å². The molecule has 0 aliphatic heterocycles. The Bertz CT molecular complexity index is 367. The summed E-state index contributed by atoms with van der Waals surface area (Å²) in [6.45, 7) is 7.42. The van der Waals surface area contributed by atoms with Gasteiger partial charge >= 0.3 is 0 Å². The minimum absolute atomic E-state index is 0.177. The summed E-state index contributed by atoms with van der Waals surface area (Å²) in [5, 5.41) is 11.9. The molecule has 1 aliphatic rings. The molecule has 0 unspecified atom stereocenters. The van der Waals surface area contributed by atoms with E-state index in [1.165, 1.54) is 25.7 Å². The molecule has 1 aromatic rings. The first-order valence-electron chi connectivity index (χ1n) is 7.22. The van der Waals surface area contributed by atoms with E-state index < -0.39 is 0 Å². The third-order valence-electron chi connectivity index (χ3n) is 4.05. The van der Waals surface area contributed by atoms with Gasteiger partial charge in [-0.05, 0) is 19.3 Å². The van der Waals surface area contributed by atoms with Crippen molar-refractivity contribution in [2.75, 3.05) is 6.54 Å². The standard InChI is InChI=1S/C14H25N3O/c1-4-14(8-5-6-9-14)13-17-16-12(18-13)7-10-15-11(2)3/h11,15H,4-10H2,1-3H3. The predicted octanol–water partition coefficient (Wildman–Crippen LogP) is 2.83. The Morgan fingerprint density at radius 3 is 2.61 bits per heavy atom. The van der Waals surface area contributed by atoms with Gasteiger partial charge in [0.25, 0.3) is 0 Å². The fourth-order valence-corrected chi connectivity index (χ4v) is 2.81. The Kier molecular flexibility index (Phi) is 4.38. The van der Waals surface area contributed by atoms with Gasteiger partial charge in [0.05, 0.1) is 0 Å². The van der Waals surface area contributed by atoms with E-state index >= 15 is 0 Å². The zero-order valence-corrected chi connectivity index (χ0v) is 11.8. The van der Waals surface area contributed by atoms with E-state index in [0.717, 1.165) is 31.2 Å². The Hall–Kier alpha value is -0.900. The van der Waals surface area contributed by atoms with Crippen molar-refractivity contribution in [2.24, 2.45) is 0 Å². The van der Waals surface area contributed by atoms with Crippen LogP contribution in [0.1, 0.15) is 64.7 Å². The molecule has 1 aliphatic carbocycles. The van der Waals surface area contributed by atoms with Gasteiger partial charge in [-0.15, -0.1) is 10.2 Å².